The van der Waals surface area contributed by atoms with Crippen LogP contribution >= 0.6 is 0 Å². The minimum absolute atomic E-state index is 0.131. The van der Waals surface area contributed by atoms with Crippen LogP contribution in [0.4, 0.5) is 21.8 Å². The smallest absolute Gasteiger partial charge is 0.432 e. The molecular weight excluding hydrogens is 304 g/mol. The van der Waals surface area contributed by atoms with Crippen molar-refractivity contribution in [2.45, 2.75) is 6.08 Å². The van der Waals surface area contributed by atoms with Crippen molar-refractivity contribution in [1.29, 1.82) is 0 Å². The number of hydrogen-bond donors (Lipinski definition) is 0. The van der Waals surface area contributed by atoms with Crippen LogP contribution in [0.5, 0.6) is 0 Å². The maximum atomic E-state index is 13.4. The minimum atomic E-state index is -6.03. The zero-order valence-electron chi connectivity index (χ0n) is 11.0. The molecule has 0 aliphatic carbocycles. The fourth-order valence-corrected chi connectivity index (χ4v) is 2.19. The van der Waals surface area contributed by atoms with E-state index in [0.29, 0.717) is 15.5 Å². The van der Waals surface area contributed by atoms with E-state index in [0.717, 1.165) is 0 Å². The van der Waals surface area contributed by atoms with E-state index >= 15 is 0 Å². The quantitative estimate of drug-likeness (QED) is 0.304. The van der Waals surface area contributed by atoms with Gasteiger partial charge in [0.2, 0.25) is 0 Å². The van der Waals surface area contributed by atoms with Crippen LogP contribution in [0.1, 0.15) is 0 Å². The first-order chi connectivity index (χ1) is 10.3. The molecular formula is C14H9BF5NO. The molecule has 0 unspecified atom stereocenters. The van der Waals surface area contributed by atoms with Crippen molar-refractivity contribution < 1.29 is 31.3 Å². The number of hydrogen-bond acceptors (Lipinski definition) is 1. The van der Waals surface area contributed by atoms with Gasteiger partial charge in [0.15, 0.2) is 0 Å². The number of aromatic nitrogens is 1. The van der Waals surface area contributed by atoms with E-state index in [4.69, 9.17) is 0 Å². The Labute approximate surface area is 121 Å². The van der Waals surface area contributed by atoms with Crippen molar-refractivity contribution in [2.24, 2.45) is 0 Å². The average molecular weight is 313 g/mol. The van der Waals surface area contributed by atoms with Crippen molar-refractivity contribution in [2.75, 3.05) is 0 Å². The fourth-order valence-electron chi connectivity index (χ4n) is 2.19. The summed E-state index contributed by atoms with van der Waals surface area (Å²) in [6.07, 6.45) is -5.74. The summed E-state index contributed by atoms with van der Waals surface area (Å²) in [5.74, 6) is 0. The van der Waals surface area contributed by atoms with Crippen LogP contribution in [0.15, 0.2) is 54.6 Å². The third-order valence-corrected chi connectivity index (χ3v) is 3.24. The molecule has 8 heteroatoms. The third kappa shape index (κ3) is 2.34. The van der Waals surface area contributed by atoms with Gasteiger partial charge < -0.3 is 13.4 Å². The highest BCUT2D eigenvalue weighted by Crippen LogP contribution is 2.29. The van der Waals surface area contributed by atoms with E-state index in [1.807, 2.05) is 0 Å². The molecule has 114 valence electrons. The van der Waals surface area contributed by atoms with E-state index in [2.05, 4.69) is 4.76 Å². The van der Waals surface area contributed by atoms with Crippen molar-refractivity contribution in [3.05, 3.63) is 54.6 Å². The molecule has 0 fully saturated rings. The average Bonchev–Trinajstić information content (AvgIpc) is 2.45. The number of rotatable bonds is 2. The lowest BCUT2D eigenvalue weighted by Gasteiger charge is -2.23. The molecule has 0 saturated heterocycles. The van der Waals surface area contributed by atoms with Crippen molar-refractivity contribution in [3.8, 4) is 0 Å². The molecule has 0 radical (unpaired) electrons. The molecule has 0 N–H and O–H groups in total. The molecule has 0 amide bonds. The zero-order valence-corrected chi connectivity index (χ0v) is 11.0. The predicted molar refractivity (Wildman–Crippen MR) is 72.3 cm³/mol. The number of para-hydroxylation sites is 2. The topological polar surface area (TPSA) is 13.1 Å². The van der Waals surface area contributed by atoms with Crippen molar-refractivity contribution >= 4 is 28.7 Å². The number of halogens is 5. The largest absolute Gasteiger partial charge is 0.658 e. The Morgan fingerprint density at radius 2 is 1.27 bits per heavy atom. The number of fused-ring (bicyclic) bond motifs is 2. The molecule has 2 aromatic carbocycles. The Bertz CT molecular complexity index is 795. The van der Waals surface area contributed by atoms with E-state index in [1.54, 1.807) is 30.3 Å². The van der Waals surface area contributed by atoms with Crippen LogP contribution in [0.3, 0.4) is 0 Å². The third-order valence-electron chi connectivity index (χ3n) is 3.24. The Morgan fingerprint density at radius 3 is 1.73 bits per heavy atom. The second-order valence-corrected chi connectivity index (χ2v) is 4.80. The Balaban J connectivity index is 2.29. The first-order valence-corrected chi connectivity index (χ1v) is 6.39. The molecule has 0 bridgehead atoms. The van der Waals surface area contributed by atoms with Gasteiger partial charge in [0, 0.05) is 12.1 Å². The van der Waals surface area contributed by atoms with E-state index in [-0.39, 0.29) is 11.0 Å². The lowest BCUT2D eigenvalue weighted by atomic mass is 9.87. The number of benzene rings is 2. The summed E-state index contributed by atoms with van der Waals surface area (Å²) < 4.78 is 68.8. The van der Waals surface area contributed by atoms with Gasteiger partial charge in [-0.05, 0) is 22.9 Å². The van der Waals surface area contributed by atoms with Gasteiger partial charge in [0.05, 0.1) is 10.8 Å². The standard InChI is InChI=1S/C14H9BF5NO/c16-14(17,18)15(19,20)22-21-12-7-3-1-5-10(12)9-11-6-2-4-8-13(11)21/h1-9H. The van der Waals surface area contributed by atoms with Crippen molar-refractivity contribution in [1.82, 2.24) is 0 Å². The number of pyridine rings is 1. The molecule has 0 saturated carbocycles. The molecule has 22 heavy (non-hydrogen) atoms. The molecule has 2 nitrogen and oxygen atoms in total. The highest BCUT2D eigenvalue weighted by Gasteiger charge is 2.60. The Hall–Kier alpha value is -2.38. The van der Waals surface area contributed by atoms with Gasteiger partial charge in [0.1, 0.15) is 0 Å². The summed E-state index contributed by atoms with van der Waals surface area (Å²) in [4.78, 5) is 0. The van der Waals surface area contributed by atoms with Gasteiger partial charge in [-0.25, -0.2) is 13.2 Å². The summed E-state index contributed by atoms with van der Waals surface area (Å²) in [6.45, 7) is -6.03. The monoisotopic (exact) mass is 313 g/mol. The number of nitrogens with zero attached hydrogens (tertiary/aromatic N) is 1. The normalized spacial score (nSPS) is 12.8. The summed E-state index contributed by atoms with van der Waals surface area (Å²) in [6, 6.07) is 14.2. The molecule has 3 rings (SSSR count). The molecule has 0 atom stereocenters. The SMILES string of the molecule is F[B-](F)(O[n+]1c2ccccc2cc2ccccc21)C(F)(F)F. The van der Waals surface area contributed by atoms with Gasteiger partial charge in [-0.15, -0.1) is 0 Å². The zero-order chi connectivity index (χ0) is 16.0. The molecule has 0 aliphatic rings. The van der Waals surface area contributed by atoms with Gasteiger partial charge >= 0.3 is 13.0 Å². The first kappa shape index (κ1) is 14.6. The van der Waals surface area contributed by atoms with Gasteiger partial charge in [0.25, 0.3) is 11.0 Å². The molecule has 0 spiro atoms. The molecule has 1 heterocycles. The van der Waals surface area contributed by atoms with E-state index in [9.17, 15) is 21.8 Å². The summed E-state index contributed by atoms with van der Waals surface area (Å²) in [5, 5.41) is 0.991. The Kier molecular flexibility index (Phi) is 3.19. The fraction of sp³-hybridized carbons (Fsp3) is 0.0714. The summed E-state index contributed by atoms with van der Waals surface area (Å²) in [7, 11) is 0. The lowest BCUT2D eigenvalue weighted by Crippen LogP contribution is -2.62. The van der Waals surface area contributed by atoms with Gasteiger partial charge in [-0.1, -0.05) is 24.3 Å². The second-order valence-electron chi connectivity index (χ2n) is 4.80. The van der Waals surface area contributed by atoms with Crippen LogP contribution < -0.4 is 9.49 Å². The highest BCUT2D eigenvalue weighted by molar-refractivity contribution is 6.61. The summed E-state index contributed by atoms with van der Waals surface area (Å²) >= 11 is 0. The Morgan fingerprint density at radius 1 is 0.818 bits per heavy atom. The highest BCUT2D eigenvalue weighted by atomic mass is 19.4. The van der Waals surface area contributed by atoms with Crippen molar-refractivity contribution in [3.63, 3.8) is 0 Å². The minimum Gasteiger partial charge on any atom is -0.432 e. The van der Waals surface area contributed by atoms with E-state index in [1.165, 1.54) is 24.3 Å². The van der Waals surface area contributed by atoms with Crippen LogP contribution in [0, 0.1) is 0 Å². The predicted octanol–water partition coefficient (Wildman–Crippen LogP) is 3.69. The van der Waals surface area contributed by atoms with Gasteiger partial charge in [-0.3, -0.25) is 0 Å². The molecule has 0 aliphatic heterocycles. The second kappa shape index (κ2) is 4.83. The van der Waals surface area contributed by atoms with Crippen LogP contribution in [0.2, 0.25) is 0 Å². The molecule has 3 aromatic rings. The van der Waals surface area contributed by atoms with Crippen LogP contribution in [-0.4, -0.2) is 13.0 Å². The van der Waals surface area contributed by atoms with Gasteiger partial charge in [-0.2, -0.15) is 0 Å². The first-order valence-electron chi connectivity index (χ1n) is 6.39. The van der Waals surface area contributed by atoms with Crippen LogP contribution in [0.25, 0.3) is 21.8 Å². The summed E-state index contributed by atoms with van der Waals surface area (Å²) in [5.41, 5.74) is 0.263. The lowest BCUT2D eigenvalue weighted by molar-refractivity contribution is -0.826. The maximum absolute atomic E-state index is 13.4. The number of alkyl halides is 3. The maximum Gasteiger partial charge on any atom is 0.658 e. The van der Waals surface area contributed by atoms with Crippen LogP contribution in [-0.2, 0) is 0 Å². The van der Waals surface area contributed by atoms with E-state index < -0.39 is 13.0 Å². The molecule has 1 aromatic heterocycles.